The van der Waals surface area contributed by atoms with Gasteiger partial charge in [0.1, 0.15) is 5.76 Å². The summed E-state index contributed by atoms with van der Waals surface area (Å²) < 4.78 is 5.87. The number of likely N-dealkylation sites (tertiary alicyclic amines) is 2. The minimum absolute atomic E-state index is 0.134. The Morgan fingerprint density at radius 2 is 1.78 bits per heavy atom. The van der Waals surface area contributed by atoms with Crippen molar-refractivity contribution in [2.24, 2.45) is 5.92 Å². The minimum Gasteiger partial charge on any atom is -0.441 e. The molecule has 0 radical (unpaired) electrons. The van der Waals surface area contributed by atoms with Crippen LogP contribution in [-0.4, -0.2) is 64.9 Å². The van der Waals surface area contributed by atoms with Crippen molar-refractivity contribution in [2.45, 2.75) is 58.4 Å². The molecule has 1 N–H and O–H groups in total. The molecule has 0 aromatic carbocycles. The van der Waals surface area contributed by atoms with Crippen LogP contribution in [0, 0.1) is 12.8 Å². The number of nitrogens with zero attached hydrogens (tertiary/aromatic N) is 4. The third-order valence-electron chi connectivity index (χ3n) is 6.80. The van der Waals surface area contributed by atoms with Gasteiger partial charge in [-0.25, -0.2) is 4.98 Å². The number of aryl methyl sites for hydroxylation is 1. The molecule has 4 heterocycles. The van der Waals surface area contributed by atoms with Gasteiger partial charge in [-0.15, -0.1) is 0 Å². The van der Waals surface area contributed by atoms with Crippen LogP contribution in [0.4, 0.5) is 0 Å². The van der Waals surface area contributed by atoms with Gasteiger partial charge in [-0.3, -0.25) is 14.7 Å². The van der Waals surface area contributed by atoms with Gasteiger partial charge >= 0.3 is 0 Å². The van der Waals surface area contributed by atoms with Crippen molar-refractivity contribution in [1.82, 2.24) is 25.1 Å². The Kier molecular flexibility index (Phi) is 8.29. The van der Waals surface area contributed by atoms with Crippen LogP contribution >= 0.6 is 0 Å². The number of amides is 1. The highest BCUT2D eigenvalue weighted by atomic mass is 16.4. The first-order valence-corrected chi connectivity index (χ1v) is 12.3. The second kappa shape index (κ2) is 11.6. The predicted octanol–water partition coefficient (Wildman–Crippen LogP) is 3.64. The Bertz CT molecular complexity index is 837. The van der Waals surface area contributed by atoms with E-state index in [1.54, 1.807) is 12.4 Å². The van der Waals surface area contributed by atoms with E-state index in [-0.39, 0.29) is 11.8 Å². The van der Waals surface area contributed by atoms with Crippen molar-refractivity contribution in [1.29, 1.82) is 0 Å². The Morgan fingerprint density at radius 1 is 1.06 bits per heavy atom. The van der Waals surface area contributed by atoms with Crippen LogP contribution in [0.1, 0.15) is 56.4 Å². The summed E-state index contributed by atoms with van der Waals surface area (Å²) in [7, 11) is 0. The maximum Gasteiger partial charge on any atom is 0.226 e. The molecule has 0 bridgehead atoms. The molecular weight excluding hydrogens is 402 g/mol. The first kappa shape index (κ1) is 22.9. The zero-order valence-electron chi connectivity index (χ0n) is 19.4. The van der Waals surface area contributed by atoms with Crippen molar-refractivity contribution >= 4 is 5.91 Å². The molecule has 174 valence electrons. The summed E-state index contributed by atoms with van der Waals surface area (Å²) in [6.45, 7) is 8.93. The largest absolute Gasteiger partial charge is 0.441 e. The van der Waals surface area contributed by atoms with Gasteiger partial charge < -0.3 is 14.6 Å². The summed E-state index contributed by atoms with van der Waals surface area (Å²) in [6.07, 6.45) is 11.8. The number of aromatic nitrogens is 2. The van der Waals surface area contributed by atoms with Crippen LogP contribution in [0.25, 0.3) is 11.5 Å². The molecule has 0 spiro atoms. The Hall–Kier alpha value is -2.25. The fourth-order valence-electron chi connectivity index (χ4n) is 4.78. The van der Waals surface area contributed by atoms with Crippen molar-refractivity contribution in [2.75, 3.05) is 39.3 Å². The molecule has 0 unspecified atom stereocenters. The first-order chi connectivity index (χ1) is 15.7. The van der Waals surface area contributed by atoms with E-state index in [0.29, 0.717) is 5.89 Å². The van der Waals surface area contributed by atoms with E-state index < -0.39 is 0 Å². The number of rotatable bonds is 8. The van der Waals surface area contributed by atoms with Gasteiger partial charge in [0.2, 0.25) is 11.8 Å². The number of piperidine rings is 1. The smallest absolute Gasteiger partial charge is 0.226 e. The maximum atomic E-state index is 12.6. The number of hydrogen-bond acceptors (Lipinski definition) is 6. The van der Waals surface area contributed by atoms with E-state index in [0.717, 1.165) is 69.0 Å². The monoisotopic (exact) mass is 439 g/mol. The molecule has 2 aromatic heterocycles. The fourth-order valence-corrected chi connectivity index (χ4v) is 4.78. The zero-order valence-corrected chi connectivity index (χ0v) is 19.4. The lowest BCUT2D eigenvalue weighted by Crippen LogP contribution is -2.41. The van der Waals surface area contributed by atoms with E-state index >= 15 is 0 Å². The van der Waals surface area contributed by atoms with Gasteiger partial charge in [-0.05, 0) is 83.9 Å². The van der Waals surface area contributed by atoms with Gasteiger partial charge in [0.05, 0.1) is 5.69 Å². The SMILES string of the molecule is Cc1oc(-c2ccncc2)nc1CN1CCC(C(=O)NCCCN2CCCCCC2)CC1. The van der Waals surface area contributed by atoms with Crippen molar-refractivity contribution in [3.05, 3.63) is 36.0 Å². The minimum atomic E-state index is 0.134. The number of nitrogens with one attached hydrogen (secondary N) is 1. The second-order valence-electron chi connectivity index (χ2n) is 9.21. The lowest BCUT2D eigenvalue weighted by atomic mass is 9.95. The molecule has 1 amide bonds. The third-order valence-corrected chi connectivity index (χ3v) is 6.80. The van der Waals surface area contributed by atoms with Gasteiger partial charge in [-0.1, -0.05) is 12.8 Å². The van der Waals surface area contributed by atoms with Gasteiger partial charge in [0, 0.05) is 37.0 Å². The molecule has 0 atom stereocenters. The summed E-state index contributed by atoms with van der Waals surface area (Å²) in [6, 6.07) is 3.82. The summed E-state index contributed by atoms with van der Waals surface area (Å²) >= 11 is 0. The molecule has 7 nitrogen and oxygen atoms in total. The molecule has 2 aliphatic heterocycles. The van der Waals surface area contributed by atoms with E-state index in [2.05, 4.69) is 20.1 Å². The summed E-state index contributed by atoms with van der Waals surface area (Å²) in [5.74, 6) is 1.88. The molecule has 0 aliphatic carbocycles. The molecule has 7 heteroatoms. The molecule has 4 rings (SSSR count). The Balaban J connectivity index is 1.16. The second-order valence-corrected chi connectivity index (χ2v) is 9.21. The lowest BCUT2D eigenvalue weighted by Gasteiger charge is -2.30. The standard InChI is InChI=1S/C25H37N5O2/c1-20-23(28-25(32-20)22-7-12-26-13-8-22)19-30-17-9-21(10-18-30)24(31)27-11-6-16-29-14-4-2-3-5-15-29/h7-8,12-13,21H,2-6,9-11,14-19H2,1H3,(H,27,31). The molecule has 2 saturated heterocycles. The summed E-state index contributed by atoms with van der Waals surface area (Å²) in [5.41, 5.74) is 1.92. The Morgan fingerprint density at radius 3 is 2.50 bits per heavy atom. The fraction of sp³-hybridized carbons (Fsp3) is 0.640. The van der Waals surface area contributed by atoms with Crippen LogP contribution in [0.15, 0.2) is 28.9 Å². The average molecular weight is 440 g/mol. The normalized spacial score (nSPS) is 19.0. The highest BCUT2D eigenvalue weighted by Crippen LogP contribution is 2.24. The van der Waals surface area contributed by atoms with Crippen LogP contribution in [-0.2, 0) is 11.3 Å². The van der Waals surface area contributed by atoms with Crippen LogP contribution < -0.4 is 5.32 Å². The average Bonchev–Trinajstić information content (AvgIpc) is 3.01. The highest BCUT2D eigenvalue weighted by molar-refractivity contribution is 5.78. The molecule has 2 aliphatic rings. The van der Waals surface area contributed by atoms with Gasteiger partial charge in [0.25, 0.3) is 0 Å². The summed E-state index contributed by atoms with van der Waals surface area (Å²) in [4.78, 5) is 26.3. The Labute approximate surface area is 191 Å². The molecule has 32 heavy (non-hydrogen) atoms. The van der Waals surface area contributed by atoms with Gasteiger partial charge in [-0.2, -0.15) is 0 Å². The number of carbonyl (C=O) groups is 1. The van der Waals surface area contributed by atoms with E-state index in [4.69, 9.17) is 9.40 Å². The molecule has 2 fully saturated rings. The van der Waals surface area contributed by atoms with Crippen LogP contribution in [0.2, 0.25) is 0 Å². The topological polar surface area (TPSA) is 74.5 Å². The van der Waals surface area contributed by atoms with Crippen LogP contribution in [0.3, 0.4) is 0 Å². The van der Waals surface area contributed by atoms with Crippen molar-refractivity contribution in [3.63, 3.8) is 0 Å². The number of hydrogen-bond donors (Lipinski definition) is 1. The number of pyridine rings is 1. The number of carbonyl (C=O) groups excluding carboxylic acids is 1. The highest BCUT2D eigenvalue weighted by Gasteiger charge is 2.26. The quantitative estimate of drug-likeness (QED) is 0.633. The summed E-state index contributed by atoms with van der Waals surface area (Å²) in [5, 5.41) is 3.19. The van der Waals surface area contributed by atoms with Crippen molar-refractivity contribution < 1.29 is 9.21 Å². The molecular formula is C25H37N5O2. The van der Waals surface area contributed by atoms with Crippen molar-refractivity contribution in [3.8, 4) is 11.5 Å². The zero-order chi connectivity index (χ0) is 22.2. The van der Waals surface area contributed by atoms with Gasteiger partial charge in [0.15, 0.2) is 0 Å². The third kappa shape index (κ3) is 6.39. The van der Waals surface area contributed by atoms with E-state index in [9.17, 15) is 4.79 Å². The maximum absolute atomic E-state index is 12.6. The van der Waals surface area contributed by atoms with E-state index in [1.165, 1.54) is 38.8 Å². The first-order valence-electron chi connectivity index (χ1n) is 12.3. The lowest BCUT2D eigenvalue weighted by molar-refractivity contribution is -0.126. The molecule has 0 saturated carbocycles. The van der Waals surface area contributed by atoms with Crippen LogP contribution in [0.5, 0.6) is 0 Å². The predicted molar refractivity (Wildman–Crippen MR) is 125 cm³/mol. The molecule has 2 aromatic rings. The van der Waals surface area contributed by atoms with E-state index in [1.807, 2.05) is 19.1 Å². The number of oxazole rings is 1.